The van der Waals surface area contributed by atoms with Gasteiger partial charge in [0.2, 0.25) is 11.8 Å². The Kier molecular flexibility index (Phi) is 3.01. The Morgan fingerprint density at radius 3 is 2.74 bits per heavy atom. The van der Waals surface area contributed by atoms with Crippen LogP contribution in [0.5, 0.6) is 0 Å². The predicted octanol–water partition coefficient (Wildman–Crippen LogP) is 0.891. The fraction of sp³-hybridized carbons (Fsp3) is 0.467. The molecule has 0 saturated carbocycles. The van der Waals surface area contributed by atoms with Gasteiger partial charge in [-0.25, -0.2) is 0 Å². The minimum absolute atomic E-state index is 0.0384. The minimum Gasteiger partial charge on any atom is -0.345 e. The summed E-state index contributed by atoms with van der Waals surface area (Å²) in [5.41, 5.74) is 2.69. The SMILES string of the molecule is CC1C(=O)NCC(=O)N1C1CCc2ccccc2C1. The van der Waals surface area contributed by atoms with E-state index in [1.54, 1.807) is 4.90 Å². The lowest BCUT2D eigenvalue weighted by Crippen LogP contribution is -2.61. The van der Waals surface area contributed by atoms with Crippen LogP contribution in [0.1, 0.15) is 24.5 Å². The molecule has 1 aromatic carbocycles. The predicted molar refractivity (Wildman–Crippen MR) is 71.6 cm³/mol. The zero-order chi connectivity index (χ0) is 13.4. The van der Waals surface area contributed by atoms with Gasteiger partial charge in [-0.3, -0.25) is 9.59 Å². The number of hydrogen-bond acceptors (Lipinski definition) is 2. The molecule has 3 rings (SSSR count). The van der Waals surface area contributed by atoms with E-state index in [4.69, 9.17) is 0 Å². The third-order valence-corrected chi connectivity index (χ3v) is 4.21. The Morgan fingerprint density at radius 2 is 1.95 bits per heavy atom. The van der Waals surface area contributed by atoms with Crippen molar-refractivity contribution in [1.82, 2.24) is 10.2 Å². The molecule has 1 aliphatic heterocycles. The highest BCUT2D eigenvalue weighted by atomic mass is 16.2. The van der Waals surface area contributed by atoms with Crippen molar-refractivity contribution in [2.45, 2.75) is 38.3 Å². The summed E-state index contributed by atoms with van der Waals surface area (Å²) in [6, 6.07) is 8.18. The highest BCUT2D eigenvalue weighted by Crippen LogP contribution is 2.26. The lowest BCUT2D eigenvalue weighted by Gasteiger charge is -2.41. The molecule has 0 aromatic heterocycles. The minimum atomic E-state index is -0.350. The molecule has 2 amide bonds. The summed E-state index contributed by atoms with van der Waals surface area (Å²) in [4.78, 5) is 25.6. The number of hydrogen-bond donors (Lipinski definition) is 1. The van der Waals surface area contributed by atoms with Crippen LogP contribution in [0.25, 0.3) is 0 Å². The molecular formula is C15H18N2O2. The van der Waals surface area contributed by atoms with E-state index in [0.717, 1.165) is 19.3 Å². The molecular weight excluding hydrogens is 240 g/mol. The van der Waals surface area contributed by atoms with Gasteiger partial charge in [-0.15, -0.1) is 0 Å². The topological polar surface area (TPSA) is 49.4 Å². The van der Waals surface area contributed by atoms with Gasteiger partial charge in [-0.05, 0) is 37.3 Å². The highest BCUT2D eigenvalue weighted by Gasteiger charge is 2.37. The average molecular weight is 258 g/mol. The van der Waals surface area contributed by atoms with Gasteiger partial charge in [0.1, 0.15) is 6.04 Å². The lowest BCUT2D eigenvalue weighted by atomic mass is 9.86. The molecule has 1 aromatic rings. The Bertz CT molecular complexity index is 527. The van der Waals surface area contributed by atoms with Crippen LogP contribution in [0.3, 0.4) is 0 Å². The van der Waals surface area contributed by atoms with Crippen molar-refractivity contribution in [2.24, 2.45) is 0 Å². The monoisotopic (exact) mass is 258 g/mol. The van der Waals surface area contributed by atoms with Crippen molar-refractivity contribution in [1.29, 1.82) is 0 Å². The summed E-state index contributed by atoms with van der Waals surface area (Å²) in [7, 11) is 0. The van der Waals surface area contributed by atoms with Crippen LogP contribution in [0.2, 0.25) is 0 Å². The molecule has 0 radical (unpaired) electrons. The number of carbonyl (C=O) groups is 2. The van der Waals surface area contributed by atoms with E-state index in [0.29, 0.717) is 0 Å². The Morgan fingerprint density at radius 1 is 1.21 bits per heavy atom. The number of carbonyl (C=O) groups excluding carboxylic acids is 2. The van der Waals surface area contributed by atoms with Crippen LogP contribution in [0.4, 0.5) is 0 Å². The van der Waals surface area contributed by atoms with Gasteiger partial charge in [-0.2, -0.15) is 0 Å². The molecule has 1 N–H and O–H groups in total. The smallest absolute Gasteiger partial charge is 0.242 e. The molecule has 1 saturated heterocycles. The Balaban J connectivity index is 1.84. The molecule has 0 spiro atoms. The molecule has 2 unspecified atom stereocenters. The molecule has 100 valence electrons. The molecule has 1 heterocycles. The van der Waals surface area contributed by atoms with Crippen LogP contribution in [-0.4, -0.2) is 35.3 Å². The molecule has 1 aliphatic carbocycles. The van der Waals surface area contributed by atoms with Crippen LogP contribution in [0.15, 0.2) is 24.3 Å². The van der Waals surface area contributed by atoms with E-state index in [9.17, 15) is 9.59 Å². The molecule has 19 heavy (non-hydrogen) atoms. The normalized spacial score (nSPS) is 26.9. The third-order valence-electron chi connectivity index (χ3n) is 4.21. The summed E-state index contributed by atoms with van der Waals surface area (Å²) >= 11 is 0. The van der Waals surface area contributed by atoms with E-state index in [1.807, 2.05) is 13.0 Å². The van der Waals surface area contributed by atoms with Crippen LogP contribution in [-0.2, 0) is 22.4 Å². The molecule has 0 bridgehead atoms. The maximum Gasteiger partial charge on any atom is 0.242 e. The second kappa shape index (κ2) is 4.68. The molecule has 4 nitrogen and oxygen atoms in total. The van der Waals surface area contributed by atoms with Gasteiger partial charge in [0.05, 0.1) is 6.54 Å². The van der Waals surface area contributed by atoms with Crippen molar-refractivity contribution in [3.05, 3.63) is 35.4 Å². The van der Waals surface area contributed by atoms with Crippen molar-refractivity contribution < 1.29 is 9.59 Å². The first-order valence-corrected chi connectivity index (χ1v) is 6.82. The van der Waals surface area contributed by atoms with Crippen molar-refractivity contribution in [2.75, 3.05) is 6.54 Å². The van der Waals surface area contributed by atoms with Crippen molar-refractivity contribution in [3.63, 3.8) is 0 Å². The summed E-state index contributed by atoms with van der Waals surface area (Å²) in [5.74, 6) is -0.00469. The number of benzene rings is 1. The largest absolute Gasteiger partial charge is 0.345 e. The summed E-state index contributed by atoms with van der Waals surface area (Å²) in [6.07, 6.45) is 2.79. The number of fused-ring (bicyclic) bond motifs is 1. The molecule has 2 atom stereocenters. The number of nitrogens with zero attached hydrogens (tertiary/aromatic N) is 1. The first-order valence-electron chi connectivity index (χ1n) is 6.82. The number of piperazine rings is 1. The van der Waals surface area contributed by atoms with E-state index < -0.39 is 0 Å². The number of rotatable bonds is 1. The molecule has 2 aliphatic rings. The van der Waals surface area contributed by atoms with E-state index in [2.05, 4.69) is 23.5 Å². The summed E-state index contributed by atoms with van der Waals surface area (Å²) < 4.78 is 0. The quantitative estimate of drug-likeness (QED) is 0.813. The summed E-state index contributed by atoms with van der Waals surface area (Å²) in [6.45, 7) is 1.95. The number of aryl methyl sites for hydroxylation is 1. The molecule has 1 fully saturated rings. The highest BCUT2D eigenvalue weighted by molar-refractivity contribution is 5.94. The second-order valence-electron chi connectivity index (χ2n) is 5.36. The Hall–Kier alpha value is -1.84. The first kappa shape index (κ1) is 12.2. The maximum absolute atomic E-state index is 12.1. The fourth-order valence-electron chi connectivity index (χ4n) is 3.18. The van der Waals surface area contributed by atoms with Gasteiger partial charge in [0.25, 0.3) is 0 Å². The summed E-state index contributed by atoms with van der Waals surface area (Å²) in [5, 5.41) is 2.64. The zero-order valence-electron chi connectivity index (χ0n) is 11.1. The van der Waals surface area contributed by atoms with Gasteiger partial charge in [0.15, 0.2) is 0 Å². The number of amides is 2. The van der Waals surface area contributed by atoms with E-state index >= 15 is 0 Å². The van der Waals surface area contributed by atoms with E-state index in [1.165, 1.54) is 11.1 Å². The van der Waals surface area contributed by atoms with Gasteiger partial charge < -0.3 is 10.2 Å². The fourth-order valence-corrected chi connectivity index (χ4v) is 3.18. The first-order chi connectivity index (χ1) is 9.16. The third kappa shape index (κ3) is 2.11. The van der Waals surface area contributed by atoms with Gasteiger partial charge in [-0.1, -0.05) is 24.3 Å². The van der Waals surface area contributed by atoms with Gasteiger partial charge in [0, 0.05) is 6.04 Å². The van der Waals surface area contributed by atoms with E-state index in [-0.39, 0.29) is 30.4 Å². The van der Waals surface area contributed by atoms with Crippen molar-refractivity contribution in [3.8, 4) is 0 Å². The standard InChI is InChI=1S/C15H18N2O2/c1-10-15(19)16-9-14(18)17(10)13-7-6-11-4-2-3-5-12(11)8-13/h2-5,10,13H,6-9H2,1H3,(H,16,19). The molecule has 4 heteroatoms. The second-order valence-corrected chi connectivity index (χ2v) is 5.36. The average Bonchev–Trinajstić information content (AvgIpc) is 2.43. The van der Waals surface area contributed by atoms with Crippen molar-refractivity contribution >= 4 is 11.8 Å². The number of nitrogens with one attached hydrogen (secondary N) is 1. The lowest BCUT2D eigenvalue weighted by molar-refractivity contribution is -0.147. The van der Waals surface area contributed by atoms with Crippen LogP contribution >= 0.6 is 0 Å². The van der Waals surface area contributed by atoms with Crippen LogP contribution in [0, 0.1) is 0 Å². The zero-order valence-corrected chi connectivity index (χ0v) is 11.1. The Labute approximate surface area is 112 Å². The maximum atomic E-state index is 12.1. The van der Waals surface area contributed by atoms with Crippen LogP contribution < -0.4 is 5.32 Å². The van der Waals surface area contributed by atoms with Gasteiger partial charge >= 0.3 is 0 Å².